The van der Waals surface area contributed by atoms with Gasteiger partial charge in [0.15, 0.2) is 5.82 Å². The summed E-state index contributed by atoms with van der Waals surface area (Å²) in [4.78, 5) is 14.4. The maximum atomic E-state index is 12.0. The van der Waals surface area contributed by atoms with E-state index in [1.54, 1.807) is 13.0 Å². The molecule has 3 rings (SSSR count). The van der Waals surface area contributed by atoms with Gasteiger partial charge in [-0.1, -0.05) is 17.3 Å². The van der Waals surface area contributed by atoms with Crippen molar-refractivity contribution in [2.45, 2.75) is 32.6 Å². The van der Waals surface area contributed by atoms with E-state index in [0.29, 0.717) is 18.0 Å². The van der Waals surface area contributed by atoms with E-state index < -0.39 is 0 Å². The Balaban J connectivity index is 1.57. The highest BCUT2D eigenvalue weighted by Crippen LogP contribution is 2.20. The van der Waals surface area contributed by atoms with Crippen LogP contribution < -0.4 is 10.2 Å². The van der Waals surface area contributed by atoms with Gasteiger partial charge in [0, 0.05) is 24.8 Å². The van der Waals surface area contributed by atoms with E-state index in [1.807, 2.05) is 12.1 Å². The average Bonchev–Trinajstić information content (AvgIpc) is 2.94. The van der Waals surface area contributed by atoms with Crippen LogP contribution in [0.3, 0.4) is 0 Å². The predicted octanol–water partition coefficient (Wildman–Crippen LogP) is 3.15. The lowest BCUT2D eigenvalue weighted by Gasteiger charge is -2.28. The van der Waals surface area contributed by atoms with E-state index in [0.717, 1.165) is 18.7 Å². The Kier molecular flexibility index (Phi) is 4.42. The second-order valence-corrected chi connectivity index (χ2v) is 5.76. The maximum absolute atomic E-state index is 12.0. The van der Waals surface area contributed by atoms with E-state index in [4.69, 9.17) is 4.52 Å². The van der Waals surface area contributed by atoms with Crippen molar-refractivity contribution in [3.63, 3.8) is 0 Å². The fraction of sp³-hybridized carbons (Fsp3) is 0.412. The Hall–Kier alpha value is -2.30. The molecule has 1 amide bonds. The third-order valence-electron chi connectivity index (χ3n) is 3.92. The molecule has 1 aromatic carbocycles. The Morgan fingerprint density at radius 2 is 1.95 bits per heavy atom. The zero-order valence-electron chi connectivity index (χ0n) is 12.8. The topological polar surface area (TPSA) is 58.4 Å². The number of amides is 1. The fourth-order valence-electron chi connectivity index (χ4n) is 2.77. The summed E-state index contributed by atoms with van der Waals surface area (Å²) < 4.78 is 4.93. The predicted molar refractivity (Wildman–Crippen MR) is 86.1 cm³/mol. The first-order chi connectivity index (χ1) is 10.7. The van der Waals surface area contributed by atoms with Gasteiger partial charge in [-0.2, -0.15) is 0 Å². The molecule has 1 aliphatic heterocycles. The Labute approximate surface area is 130 Å². The molecule has 0 radical (unpaired) electrons. The third-order valence-corrected chi connectivity index (χ3v) is 3.92. The van der Waals surface area contributed by atoms with E-state index >= 15 is 0 Å². The molecule has 1 N–H and O–H groups in total. The number of hydrogen-bond donors (Lipinski definition) is 1. The summed E-state index contributed by atoms with van der Waals surface area (Å²) in [5, 5.41) is 6.49. The number of anilines is 2. The van der Waals surface area contributed by atoms with Crippen LogP contribution >= 0.6 is 0 Å². The summed E-state index contributed by atoms with van der Waals surface area (Å²) in [6, 6.07) is 9.97. The second kappa shape index (κ2) is 6.64. The lowest BCUT2D eigenvalue weighted by molar-refractivity contribution is -0.115. The smallest absolute Gasteiger partial charge is 0.230 e. The van der Waals surface area contributed by atoms with Crippen LogP contribution in [-0.2, 0) is 11.2 Å². The van der Waals surface area contributed by atoms with Gasteiger partial charge in [0.25, 0.3) is 0 Å². The number of piperidine rings is 1. The van der Waals surface area contributed by atoms with Crippen molar-refractivity contribution < 1.29 is 9.32 Å². The number of nitrogens with zero attached hydrogens (tertiary/aromatic N) is 2. The van der Waals surface area contributed by atoms with Crippen LogP contribution in [0.5, 0.6) is 0 Å². The van der Waals surface area contributed by atoms with Crippen molar-refractivity contribution in [3.8, 4) is 0 Å². The van der Waals surface area contributed by atoms with Crippen LogP contribution in [0.15, 0.2) is 34.9 Å². The first-order valence-corrected chi connectivity index (χ1v) is 7.78. The van der Waals surface area contributed by atoms with Crippen molar-refractivity contribution in [3.05, 3.63) is 41.7 Å². The van der Waals surface area contributed by atoms with Crippen molar-refractivity contribution in [1.29, 1.82) is 0 Å². The molecule has 0 saturated carbocycles. The van der Waals surface area contributed by atoms with E-state index in [-0.39, 0.29) is 5.91 Å². The highest BCUT2D eigenvalue weighted by atomic mass is 16.5. The molecule has 22 heavy (non-hydrogen) atoms. The van der Waals surface area contributed by atoms with Crippen LogP contribution in [-0.4, -0.2) is 24.2 Å². The van der Waals surface area contributed by atoms with Gasteiger partial charge in [-0.3, -0.25) is 4.79 Å². The average molecular weight is 299 g/mol. The van der Waals surface area contributed by atoms with Crippen LogP contribution in [0.25, 0.3) is 0 Å². The van der Waals surface area contributed by atoms with Crippen LogP contribution in [0.1, 0.15) is 30.6 Å². The number of benzene rings is 1. The molecule has 0 spiro atoms. The quantitative estimate of drug-likeness (QED) is 0.942. The van der Waals surface area contributed by atoms with Crippen LogP contribution in [0, 0.1) is 6.92 Å². The minimum atomic E-state index is -0.0842. The minimum absolute atomic E-state index is 0.0842. The van der Waals surface area contributed by atoms with E-state index in [2.05, 4.69) is 27.5 Å². The number of carbonyl (C=O) groups is 1. The van der Waals surface area contributed by atoms with Gasteiger partial charge in [0.2, 0.25) is 5.91 Å². The number of hydrogen-bond acceptors (Lipinski definition) is 4. The summed E-state index contributed by atoms with van der Waals surface area (Å²) in [6.45, 7) is 4.05. The lowest BCUT2D eigenvalue weighted by Crippen LogP contribution is -2.29. The molecular formula is C17H21N3O2. The highest BCUT2D eigenvalue weighted by Gasteiger charge is 2.11. The van der Waals surface area contributed by atoms with Gasteiger partial charge in [-0.05, 0) is 43.9 Å². The number of aromatic nitrogens is 1. The van der Waals surface area contributed by atoms with Crippen molar-refractivity contribution in [2.24, 2.45) is 0 Å². The Morgan fingerprint density at radius 3 is 2.59 bits per heavy atom. The van der Waals surface area contributed by atoms with E-state index in [9.17, 15) is 4.79 Å². The monoisotopic (exact) mass is 299 g/mol. The molecule has 2 aromatic rings. The molecule has 5 nitrogen and oxygen atoms in total. The van der Waals surface area contributed by atoms with Crippen molar-refractivity contribution in [2.75, 3.05) is 23.3 Å². The Bertz CT molecular complexity index is 628. The molecule has 1 fully saturated rings. The summed E-state index contributed by atoms with van der Waals surface area (Å²) in [7, 11) is 0. The zero-order valence-corrected chi connectivity index (χ0v) is 12.8. The molecule has 0 aliphatic carbocycles. The second-order valence-electron chi connectivity index (χ2n) is 5.76. The van der Waals surface area contributed by atoms with Gasteiger partial charge in [-0.25, -0.2) is 0 Å². The zero-order chi connectivity index (χ0) is 15.4. The number of rotatable bonds is 4. The SMILES string of the molecule is Cc1cc(NC(=O)Cc2ccc(N3CCCCC3)cc2)no1. The van der Waals surface area contributed by atoms with E-state index in [1.165, 1.54) is 24.9 Å². The van der Waals surface area contributed by atoms with Crippen molar-refractivity contribution in [1.82, 2.24) is 5.16 Å². The lowest BCUT2D eigenvalue weighted by atomic mass is 10.1. The Morgan fingerprint density at radius 1 is 1.23 bits per heavy atom. The first-order valence-electron chi connectivity index (χ1n) is 7.78. The summed E-state index contributed by atoms with van der Waals surface area (Å²) in [6.07, 6.45) is 4.20. The maximum Gasteiger partial charge on any atom is 0.230 e. The number of aryl methyl sites for hydroxylation is 1. The number of nitrogens with one attached hydrogen (secondary N) is 1. The van der Waals surface area contributed by atoms with Gasteiger partial charge >= 0.3 is 0 Å². The molecule has 1 aliphatic rings. The third kappa shape index (κ3) is 3.67. The molecule has 2 heterocycles. The summed E-state index contributed by atoms with van der Waals surface area (Å²) in [5.41, 5.74) is 2.24. The molecule has 5 heteroatoms. The molecule has 1 saturated heterocycles. The molecule has 0 unspecified atom stereocenters. The number of carbonyl (C=O) groups excluding carboxylic acids is 1. The standard InChI is InChI=1S/C17H21N3O2/c1-13-11-16(19-22-13)18-17(21)12-14-5-7-15(8-6-14)20-9-3-2-4-10-20/h5-8,11H,2-4,9-10,12H2,1H3,(H,18,19,21). The largest absolute Gasteiger partial charge is 0.372 e. The van der Waals surface area contributed by atoms with Gasteiger partial charge in [0.05, 0.1) is 6.42 Å². The first kappa shape index (κ1) is 14.6. The molecule has 0 atom stereocenters. The minimum Gasteiger partial charge on any atom is -0.372 e. The molecular weight excluding hydrogens is 278 g/mol. The van der Waals surface area contributed by atoms with Gasteiger partial charge in [-0.15, -0.1) is 0 Å². The highest BCUT2D eigenvalue weighted by molar-refractivity contribution is 5.91. The van der Waals surface area contributed by atoms with Crippen molar-refractivity contribution >= 4 is 17.4 Å². The van der Waals surface area contributed by atoms with Crippen LogP contribution in [0.4, 0.5) is 11.5 Å². The molecule has 116 valence electrons. The summed E-state index contributed by atoms with van der Waals surface area (Å²) in [5.74, 6) is 1.06. The fourth-order valence-corrected chi connectivity index (χ4v) is 2.77. The van der Waals surface area contributed by atoms with Crippen LogP contribution in [0.2, 0.25) is 0 Å². The van der Waals surface area contributed by atoms with Gasteiger partial charge < -0.3 is 14.7 Å². The molecule has 0 bridgehead atoms. The van der Waals surface area contributed by atoms with Gasteiger partial charge in [0.1, 0.15) is 5.76 Å². The summed E-state index contributed by atoms with van der Waals surface area (Å²) >= 11 is 0. The normalized spacial score (nSPS) is 14.9. The molecule has 1 aromatic heterocycles.